The van der Waals surface area contributed by atoms with E-state index in [-0.39, 0.29) is 12.0 Å². The Balaban J connectivity index is 2.01. The van der Waals surface area contributed by atoms with Gasteiger partial charge in [0.05, 0.1) is 31.9 Å². The van der Waals surface area contributed by atoms with Crippen LogP contribution in [-0.4, -0.2) is 37.6 Å². The number of likely N-dealkylation sites (N-methyl/N-ethyl adjacent to an activating group) is 1. The number of fused-ring (bicyclic) bond motifs is 1. The fourth-order valence-corrected chi connectivity index (χ4v) is 3.35. The van der Waals surface area contributed by atoms with Gasteiger partial charge in [-0.15, -0.1) is 0 Å². The average molecular weight is 355 g/mol. The summed E-state index contributed by atoms with van der Waals surface area (Å²) in [6.45, 7) is 2.24. The van der Waals surface area contributed by atoms with Crippen LogP contribution in [-0.2, 0) is 10.4 Å². The number of ether oxygens (including phenoxy) is 2. The van der Waals surface area contributed by atoms with E-state index in [0.717, 1.165) is 0 Å². The van der Waals surface area contributed by atoms with Crippen molar-refractivity contribution in [2.24, 2.45) is 0 Å². The molecular weight excluding hydrogens is 334 g/mol. The molecule has 2 aromatic carbocycles. The average Bonchev–Trinajstić information content (AvgIpc) is 2.88. The van der Waals surface area contributed by atoms with E-state index in [4.69, 9.17) is 9.47 Å². The molecule has 1 amide bonds. The largest absolute Gasteiger partial charge is 0.497 e. The molecule has 0 bridgehead atoms. The first-order valence-electron chi connectivity index (χ1n) is 8.35. The van der Waals surface area contributed by atoms with Crippen LogP contribution in [0.3, 0.4) is 0 Å². The zero-order chi connectivity index (χ0) is 18.9. The summed E-state index contributed by atoms with van der Waals surface area (Å²) in [5.74, 6) is -0.0271. The molecule has 6 nitrogen and oxygen atoms in total. The Kier molecular flexibility index (Phi) is 4.70. The molecule has 0 saturated heterocycles. The number of Topliss-reactive ketones (excluding diaryl/α,β-unsaturated/α-hetero) is 1. The second kappa shape index (κ2) is 6.80. The van der Waals surface area contributed by atoms with Crippen LogP contribution in [0, 0.1) is 0 Å². The zero-order valence-corrected chi connectivity index (χ0v) is 15.0. The molecule has 6 heteroatoms. The van der Waals surface area contributed by atoms with Crippen molar-refractivity contribution in [2.45, 2.75) is 18.9 Å². The van der Waals surface area contributed by atoms with Crippen LogP contribution in [0.25, 0.3) is 0 Å². The lowest BCUT2D eigenvalue weighted by Crippen LogP contribution is -2.41. The minimum atomic E-state index is -1.89. The smallest absolute Gasteiger partial charge is 0.264 e. The number of para-hydroxylation sites is 1. The molecule has 0 unspecified atom stereocenters. The Morgan fingerprint density at radius 1 is 1.15 bits per heavy atom. The van der Waals surface area contributed by atoms with E-state index in [1.165, 1.54) is 19.1 Å². The Morgan fingerprint density at radius 2 is 1.88 bits per heavy atom. The molecule has 2 aromatic rings. The first kappa shape index (κ1) is 17.9. The summed E-state index contributed by atoms with van der Waals surface area (Å²) in [5, 5.41) is 11.2. The quantitative estimate of drug-likeness (QED) is 0.806. The fraction of sp³-hybridized carbons (Fsp3) is 0.300. The van der Waals surface area contributed by atoms with E-state index in [2.05, 4.69) is 0 Å². The molecule has 3 rings (SSSR count). The Morgan fingerprint density at radius 3 is 2.54 bits per heavy atom. The highest BCUT2D eigenvalue weighted by molar-refractivity contribution is 6.11. The number of rotatable bonds is 6. The van der Waals surface area contributed by atoms with E-state index in [0.29, 0.717) is 29.3 Å². The van der Waals surface area contributed by atoms with E-state index in [1.54, 1.807) is 42.5 Å². The van der Waals surface area contributed by atoms with Crippen molar-refractivity contribution < 1.29 is 24.2 Å². The van der Waals surface area contributed by atoms with Crippen LogP contribution in [0.15, 0.2) is 42.5 Å². The van der Waals surface area contributed by atoms with Gasteiger partial charge in [0.2, 0.25) is 0 Å². The van der Waals surface area contributed by atoms with Gasteiger partial charge in [0.1, 0.15) is 11.5 Å². The molecule has 136 valence electrons. The number of methoxy groups -OCH3 is 2. The van der Waals surface area contributed by atoms with Crippen molar-refractivity contribution in [1.82, 2.24) is 0 Å². The second-order valence-corrected chi connectivity index (χ2v) is 6.09. The monoisotopic (exact) mass is 355 g/mol. The lowest BCUT2D eigenvalue weighted by Gasteiger charge is -2.22. The van der Waals surface area contributed by atoms with Crippen LogP contribution < -0.4 is 14.4 Å². The molecule has 1 atom stereocenters. The Hall–Kier alpha value is -2.86. The van der Waals surface area contributed by atoms with Gasteiger partial charge in [0.25, 0.3) is 5.91 Å². The molecule has 0 saturated carbocycles. The predicted molar refractivity (Wildman–Crippen MR) is 96.9 cm³/mol. The lowest BCUT2D eigenvalue weighted by atomic mass is 9.88. The standard InChI is InChI=1S/C20H21NO5/c1-4-21-16-8-6-5-7-15(16)20(24,19(21)23)12-17(22)14-11-13(25-2)9-10-18(14)26-3/h5-11,24H,4,12H2,1-3H3/t20-/m0/s1. The van der Waals surface area contributed by atoms with Gasteiger partial charge in [0, 0.05) is 12.1 Å². The summed E-state index contributed by atoms with van der Waals surface area (Å²) in [5.41, 5.74) is -0.548. The minimum Gasteiger partial charge on any atom is -0.497 e. The minimum absolute atomic E-state index is 0.264. The van der Waals surface area contributed by atoms with Crippen LogP contribution in [0.5, 0.6) is 11.5 Å². The van der Waals surface area contributed by atoms with E-state index >= 15 is 0 Å². The maximum atomic E-state index is 12.9. The molecule has 0 aromatic heterocycles. The third-order valence-electron chi connectivity index (χ3n) is 4.68. The molecule has 1 aliphatic rings. The Labute approximate surface area is 152 Å². The number of nitrogens with zero attached hydrogens (tertiary/aromatic N) is 1. The number of hydrogen-bond acceptors (Lipinski definition) is 5. The third kappa shape index (κ3) is 2.72. The van der Waals surface area contributed by atoms with Crippen LogP contribution in [0.4, 0.5) is 5.69 Å². The van der Waals surface area contributed by atoms with Crippen LogP contribution in [0.2, 0.25) is 0 Å². The van der Waals surface area contributed by atoms with Gasteiger partial charge >= 0.3 is 0 Å². The molecule has 0 radical (unpaired) electrons. The first-order chi connectivity index (χ1) is 12.5. The summed E-state index contributed by atoms with van der Waals surface area (Å²) < 4.78 is 10.4. The summed E-state index contributed by atoms with van der Waals surface area (Å²) in [7, 11) is 2.96. The van der Waals surface area contributed by atoms with E-state index in [1.807, 2.05) is 6.92 Å². The second-order valence-electron chi connectivity index (χ2n) is 6.09. The van der Waals surface area contributed by atoms with Gasteiger partial charge in [-0.3, -0.25) is 9.59 Å². The van der Waals surface area contributed by atoms with Gasteiger partial charge < -0.3 is 19.5 Å². The van der Waals surface area contributed by atoms with Crippen molar-refractivity contribution in [3.63, 3.8) is 0 Å². The van der Waals surface area contributed by atoms with E-state index < -0.39 is 17.3 Å². The molecule has 0 fully saturated rings. The SMILES string of the molecule is CCN1C(=O)[C@](O)(CC(=O)c2cc(OC)ccc2OC)c2ccccc21. The number of amides is 1. The summed E-state index contributed by atoms with van der Waals surface area (Å²) in [4.78, 5) is 27.3. The molecule has 0 spiro atoms. The summed E-state index contributed by atoms with van der Waals surface area (Å²) in [6, 6.07) is 11.8. The molecule has 1 aliphatic heterocycles. The van der Waals surface area contributed by atoms with Crippen molar-refractivity contribution >= 4 is 17.4 Å². The van der Waals surface area contributed by atoms with Gasteiger partial charge in [-0.2, -0.15) is 0 Å². The summed E-state index contributed by atoms with van der Waals surface area (Å²) in [6.07, 6.45) is -0.372. The predicted octanol–water partition coefficient (Wildman–Crippen LogP) is 2.53. The van der Waals surface area contributed by atoms with Crippen molar-refractivity contribution in [2.75, 3.05) is 25.7 Å². The normalized spacial score (nSPS) is 18.6. The highest BCUT2D eigenvalue weighted by Crippen LogP contribution is 2.43. The van der Waals surface area contributed by atoms with Gasteiger partial charge in [-0.25, -0.2) is 0 Å². The first-order valence-corrected chi connectivity index (χ1v) is 8.35. The number of aliphatic hydroxyl groups is 1. The highest BCUT2D eigenvalue weighted by atomic mass is 16.5. The van der Waals surface area contributed by atoms with Crippen LogP contribution in [0.1, 0.15) is 29.3 Å². The zero-order valence-electron chi connectivity index (χ0n) is 15.0. The van der Waals surface area contributed by atoms with Crippen LogP contribution >= 0.6 is 0 Å². The highest BCUT2D eigenvalue weighted by Gasteiger charge is 2.50. The maximum Gasteiger partial charge on any atom is 0.264 e. The Bertz CT molecular complexity index is 863. The maximum absolute atomic E-state index is 12.9. The molecule has 0 aliphatic carbocycles. The molecule has 1 N–H and O–H groups in total. The van der Waals surface area contributed by atoms with Gasteiger partial charge in [-0.1, -0.05) is 18.2 Å². The van der Waals surface area contributed by atoms with Gasteiger partial charge in [-0.05, 0) is 31.2 Å². The lowest BCUT2D eigenvalue weighted by molar-refractivity contribution is -0.135. The number of benzene rings is 2. The number of carbonyl (C=O) groups is 2. The molecule has 1 heterocycles. The third-order valence-corrected chi connectivity index (χ3v) is 4.68. The van der Waals surface area contributed by atoms with Crippen molar-refractivity contribution in [3.05, 3.63) is 53.6 Å². The summed E-state index contributed by atoms with van der Waals surface area (Å²) >= 11 is 0. The number of carbonyl (C=O) groups excluding carboxylic acids is 2. The topological polar surface area (TPSA) is 76.1 Å². The number of anilines is 1. The number of ketones is 1. The molecular formula is C20H21NO5. The van der Waals surface area contributed by atoms with Crippen molar-refractivity contribution in [3.8, 4) is 11.5 Å². The fourth-order valence-electron chi connectivity index (χ4n) is 3.35. The van der Waals surface area contributed by atoms with Crippen molar-refractivity contribution in [1.29, 1.82) is 0 Å². The van der Waals surface area contributed by atoms with E-state index in [9.17, 15) is 14.7 Å². The number of hydrogen-bond donors (Lipinski definition) is 1. The molecule has 26 heavy (non-hydrogen) atoms. The van der Waals surface area contributed by atoms with Gasteiger partial charge in [0.15, 0.2) is 11.4 Å².